The van der Waals surface area contributed by atoms with Crippen molar-refractivity contribution in [2.45, 2.75) is 45.7 Å². The number of nitrogens with zero attached hydrogens (tertiary/aromatic N) is 1. The van der Waals surface area contributed by atoms with Crippen molar-refractivity contribution in [2.24, 2.45) is 0 Å². The quantitative estimate of drug-likeness (QED) is 0.719. The number of para-hydroxylation sites is 1. The summed E-state index contributed by atoms with van der Waals surface area (Å²) in [5.74, 6) is 0.528. The van der Waals surface area contributed by atoms with Crippen LogP contribution in [0.3, 0.4) is 0 Å². The second kappa shape index (κ2) is 8.71. The van der Waals surface area contributed by atoms with Crippen molar-refractivity contribution in [3.8, 4) is 5.75 Å². The minimum absolute atomic E-state index is 0.105. The number of rotatable bonds is 8. The van der Waals surface area contributed by atoms with Gasteiger partial charge in [-0.1, -0.05) is 50.1 Å². The van der Waals surface area contributed by atoms with Gasteiger partial charge in [0.25, 0.3) is 5.91 Å². The molecule has 0 aliphatic carbocycles. The Balaban J connectivity index is 1.70. The van der Waals surface area contributed by atoms with Gasteiger partial charge in [-0.05, 0) is 30.2 Å². The molecule has 0 fully saturated rings. The Hall–Kier alpha value is -2.82. The Labute approximate surface area is 160 Å². The van der Waals surface area contributed by atoms with Crippen LogP contribution >= 0.6 is 0 Å². The minimum Gasteiger partial charge on any atom is -0.494 e. The van der Waals surface area contributed by atoms with Gasteiger partial charge in [-0.2, -0.15) is 0 Å². The van der Waals surface area contributed by atoms with E-state index in [1.54, 1.807) is 4.90 Å². The van der Waals surface area contributed by atoms with Crippen LogP contribution in [-0.4, -0.2) is 18.4 Å². The van der Waals surface area contributed by atoms with Crippen molar-refractivity contribution >= 4 is 17.5 Å². The topological polar surface area (TPSA) is 58.6 Å². The van der Waals surface area contributed by atoms with E-state index in [4.69, 9.17) is 4.74 Å². The van der Waals surface area contributed by atoms with Gasteiger partial charge in [-0.3, -0.25) is 9.59 Å². The molecule has 0 bridgehead atoms. The normalized spacial score (nSPS) is 15.6. The van der Waals surface area contributed by atoms with Crippen molar-refractivity contribution in [1.29, 1.82) is 0 Å². The molecule has 0 saturated heterocycles. The highest BCUT2D eigenvalue weighted by atomic mass is 16.5. The second-order valence-electron chi connectivity index (χ2n) is 6.82. The Morgan fingerprint density at radius 1 is 1.11 bits per heavy atom. The molecule has 0 aromatic heterocycles. The number of hydrogen-bond donors (Lipinski definition) is 1. The van der Waals surface area contributed by atoms with E-state index in [9.17, 15) is 9.59 Å². The zero-order valence-electron chi connectivity index (χ0n) is 15.9. The van der Waals surface area contributed by atoms with Gasteiger partial charge < -0.3 is 15.0 Å². The van der Waals surface area contributed by atoms with Gasteiger partial charge >= 0.3 is 0 Å². The second-order valence-corrected chi connectivity index (χ2v) is 6.82. The first kappa shape index (κ1) is 19.0. The van der Waals surface area contributed by atoms with E-state index in [0.717, 1.165) is 35.6 Å². The summed E-state index contributed by atoms with van der Waals surface area (Å²) in [4.78, 5) is 26.1. The lowest BCUT2D eigenvalue weighted by Gasteiger charge is -2.18. The molecular weight excluding hydrogens is 340 g/mol. The fraction of sp³-hybridized carbons (Fsp3) is 0.364. The summed E-state index contributed by atoms with van der Waals surface area (Å²) in [7, 11) is 0. The molecule has 27 heavy (non-hydrogen) atoms. The predicted molar refractivity (Wildman–Crippen MR) is 106 cm³/mol. The number of hydrogen-bond acceptors (Lipinski definition) is 3. The number of amides is 2. The monoisotopic (exact) mass is 366 g/mol. The molecule has 1 aliphatic rings. The average molecular weight is 366 g/mol. The third kappa shape index (κ3) is 4.48. The first-order chi connectivity index (χ1) is 13.1. The summed E-state index contributed by atoms with van der Waals surface area (Å²) in [6.07, 6.45) is 3.40. The highest BCUT2D eigenvalue weighted by molar-refractivity contribution is 6.06. The molecule has 142 valence electrons. The summed E-state index contributed by atoms with van der Waals surface area (Å²) >= 11 is 0. The maximum absolute atomic E-state index is 12.9. The molecule has 2 aromatic rings. The summed E-state index contributed by atoms with van der Waals surface area (Å²) in [5, 5.41) is 2.76. The third-order valence-electron chi connectivity index (χ3n) is 4.68. The third-order valence-corrected chi connectivity index (χ3v) is 4.68. The predicted octanol–water partition coefficient (Wildman–Crippen LogP) is 3.98. The fourth-order valence-corrected chi connectivity index (χ4v) is 3.31. The highest BCUT2D eigenvalue weighted by Gasteiger charge is 2.37. The maximum Gasteiger partial charge on any atom is 0.254 e. The molecule has 1 aliphatic heterocycles. The van der Waals surface area contributed by atoms with E-state index in [1.807, 2.05) is 48.5 Å². The molecule has 1 unspecified atom stereocenters. The lowest BCUT2D eigenvalue weighted by Crippen LogP contribution is -2.36. The van der Waals surface area contributed by atoms with E-state index >= 15 is 0 Å². The lowest BCUT2D eigenvalue weighted by atomic mass is 10.1. The van der Waals surface area contributed by atoms with Gasteiger partial charge in [0.1, 0.15) is 11.8 Å². The average Bonchev–Trinajstić information content (AvgIpc) is 2.92. The molecule has 1 N–H and O–H groups in total. The molecule has 1 atom stereocenters. The molecule has 1 heterocycles. The van der Waals surface area contributed by atoms with Crippen LogP contribution in [0.1, 0.15) is 50.3 Å². The number of carbonyl (C=O) groups is 2. The SMILES string of the molecule is CCCCCOc1ccc(CN2C(=O)C(NC(C)=O)c3ccccc32)cc1. The lowest BCUT2D eigenvalue weighted by molar-refractivity contribution is -0.126. The Morgan fingerprint density at radius 3 is 2.56 bits per heavy atom. The van der Waals surface area contributed by atoms with Crippen molar-refractivity contribution < 1.29 is 14.3 Å². The maximum atomic E-state index is 12.9. The molecule has 5 nitrogen and oxygen atoms in total. The van der Waals surface area contributed by atoms with Gasteiger partial charge in [-0.25, -0.2) is 0 Å². The summed E-state index contributed by atoms with van der Waals surface area (Å²) < 4.78 is 5.74. The van der Waals surface area contributed by atoms with Gasteiger partial charge in [0.2, 0.25) is 5.91 Å². The first-order valence-corrected chi connectivity index (χ1v) is 9.49. The Morgan fingerprint density at radius 2 is 1.85 bits per heavy atom. The van der Waals surface area contributed by atoms with Gasteiger partial charge in [-0.15, -0.1) is 0 Å². The number of anilines is 1. The van der Waals surface area contributed by atoms with Gasteiger partial charge in [0, 0.05) is 18.2 Å². The number of ether oxygens (including phenoxy) is 1. The van der Waals surface area contributed by atoms with Gasteiger partial charge in [0.05, 0.1) is 13.2 Å². The number of nitrogens with one attached hydrogen (secondary N) is 1. The number of carbonyl (C=O) groups excluding carboxylic acids is 2. The van der Waals surface area contributed by atoms with E-state index < -0.39 is 6.04 Å². The van der Waals surface area contributed by atoms with Crippen molar-refractivity contribution in [1.82, 2.24) is 5.32 Å². The van der Waals surface area contributed by atoms with E-state index in [-0.39, 0.29) is 11.8 Å². The van der Waals surface area contributed by atoms with E-state index in [2.05, 4.69) is 12.2 Å². The fourth-order valence-electron chi connectivity index (χ4n) is 3.31. The molecule has 5 heteroatoms. The molecule has 0 saturated carbocycles. The van der Waals surface area contributed by atoms with E-state index in [0.29, 0.717) is 6.54 Å². The highest BCUT2D eigenvalue weighted by Crippen LogP contribution is 2.36. The largest absolute Gasteiger partial charge is 0.494 e. The van der Waals surface area contributed by atoms with Crippen LogP contribution in [0.2, 0.25) is 0 Å². The Bertz CT molecular complexity index is 801. The van der Waals surface area contributed by atoms with Crippen LogP contribution in [0.4, 0.5) is 5.69 Å². The number of benzene rings is 2. The number of fused-ring (bicyclic) bond motifs is 1. The first-order valence-electron chi connectivity index (χ1n) is 9.49. The molecule has 0 spiro atoms. The van der Waals surface area contributed by atoms with Crippen LogP contribution in [0.25, 0.3) is 0 Å². The molecule has 0 radical (unpaired) electrons. The van der Waals surface area contributed by atoms with Crippen LogP contribution in [0.15, 0.2) is 48.5 Å². The zero-order valence-corrected chi connectivity index (χ0v) is 15.9. The molecule has 2 amide bonds. The van der Waals surface area contributed by atoms with E-state index in [1.165, 1.54) is 19.8 Å². The molecule has 2 aromatic carbocycles. The van der Waals surface area contributed by atoms with Crippen molar-refractivity contribution in [2.75, 3.05) is 11.5 Å². The molecular formula is C22H26N2O3. The number of unbranched alkanes of at least 4 members (excludes halogenated alkanes) is 2. The Kier molecular flexibility index (Phi) is 6.12. The summed E-state index contributed by atoms with van der Waals surface area (Å²) in [5.41, 5.74) is 2.71. The summed E-state index contributed by atoms with van der Waals surface area (Å²) in [6.45, 7) is 4.78. The van der Waals surface area contributed by atoms with Crippen LogP contribution < -0.4 is 15.0 Å². The van der Waals surface area contributed by atoms with Crippen LogP contribution in [0, 0.1) is 0 Å². The zero-order chi connectivity index (χ0) is 19.2. The summed E-state index contributed by atoms with van der Waals surface area (Å²) in [6, 6.07) is 14.8. The molecule has 3 rings (SSSR count). The van der Waals surface area contributed by atoms with Crippen LogP contribution in [-0.2, 0) is 16.1 Å². The van der Waals surface area contributed by atoms with Gasteiger partial charge in [0.15, 0.2) is 0 Å². The standard InChI is InChI=1S/C22H26N2O3/c1-3-4-7-14-27-18-12-10-17(11-13-18)15-24-20-9-6-5-8-19(20)21(22(24)26)23-16(2)25/h5-6,8-13,21H,3-4,7,14-15H2,1-2H3,(H,23,25). The van der Waals surface area contributed by atoms with Crippen molar-refractivity contribution in [3.05, 3.63) is 59.7 Å². The van der Waals surface area contributed by atoms with Crippen molar-refractivity contribution in [3.63, 3.8) is 0 Å². The smallest absolute Gasteiger partial charge is 0.254 e. The minimum atomic E-state index is -0.611. The van der Waals surface area contributed by atoms with Crippen LogP contribution in [0.5, 0.6) is 5.75 Å².